The number of rotatable bonds is 6. The number of nitrogens with one attached hydrogen (secondary N) is 2. The van der Waals surface area contributed by atoms with Crippen molar-refractivity contribution in [2.75, 3.05) is 24.4 Å². The fourth-order valence-corrected chi connectivity index (χ4v) is 2.27. The zero-order valence-electron chi connectivity index (χ0n) is 14.7. The highest BCUT2D eigenvalue weighted by Gasteiger charge is 2.29. The van der Waals surface area contributed by atoms with E-state index in [0.29, 0.717) is 11.4 Å². The highest BCUT2D eigenvalue weighted by Crippen LogP contribution is 2.29. The van der Waals surface area contributed by atoms with Gasteiger partial charge in [0.1, 0.15) is 10.8 Å². The van der Waals surface area contributed by atoms with E-state index in [1.807, 2.05) is 0 Å². The van der Waals surface area contributed by atoms with E-state index in [9.17, 15) is 22.8 Å². The van der Waals surface area contributed by atoms with Gasteiger partial charge in [-0.3, -0.25) is 9.59 Å². The van der Waals surface area contributed by atoms with E-state index in [-0.39, 0.29) is 22.2 Å². The highest BCUT2D eigenvalue weighted by molar-refractivity contribution is 6.32. The minimum atomic E-state index is -4.55. The molecule has 0 aliphatic carbocycles. The topological polar surface area (TPSA) is 89.6 Å². The summed E-state index contributed by atoms with van der Waals surface area (Å²) in [6.07, 6.45) is -3.53. The highest BCUT2D eigenvalue weighted by atomic mass is 35.5. The molecule has 2 aromatic rings. The summed E-state index contributed by atoms with van der Waals surface area (Å²) in [6.45, 7) is -0.256. The van der Waals surface area contributed by atoms with Crippen molar-refractivity contribution in [3.8, 4) is 11.6 Å². The van der Waals surface area contributed by atoms with Gasteiger partial charge in [0.05, 0.1) is 24.0 Å². The van der Waals surface area contributed by atoms with Crippen molar-refractivity contribution in [2.45, 2.75) is 13.1 Å². The number of anilines is 2. The van der Waals surface area contributed by atoms with E-state index in [0.717, 1.165) is 12.3 Å². The molecule has 28 heavy (non-hydrogen) atoms. The van der Waals surface area contributed by atoms with Crippen LogP contribution in [0.2, 0.25) is 5.02 Å². The first kappa shape index (κ1) is 21.3. The van der Waals surface area contributed by atoms with Crippen molar-refractivity contribution in [1.29, 1.82) is 0 Å². The third-order valence-corrected chi connectivity index (χ3v) is 3.50. The Labute approximate surface area is 162 Å². The first-order valence-corrected chi connectivity index (χ1v) is 8.09. The number of hydrogen-bond donors (Lipinski definition) is 2. The Hall–Kier alpha value is -3.01. The van der Waals surface area contributed by atoms with Crippen LogP contribution in [-0.2, 0) is 4.79 Å². The fourth-order valence-electron chi connectivity index (χ4n) is 2.05. The summed E-state index contributed by atoms with van der Waals surface area (Å²) >= 11 is 5.84. The Balaban J connectivity index is 2.20. The van der Waals surface area contributed by atoms with Gasteiger partial charge < -0.3 is 20.1 Å². The van der Waals surface area contributed by atoms with Gasteiger partial charge in [-0.05, 0) is 18.2 Å². The molecule has 150 valence electrons. The van der Waals surface area contributed by atoms with Crippen LogP contribution in [0.25, 0.3) is 0 Å². The van der Waals surface area contributed by atoms with Crippen LogP contribution in [-0.4, -0.2) is 36.7 Å². The molecule has 1 heterocycles. The lowest BCUT2D eigenvalue weighted by Crippen LogP contribution is -2.20. The Morgan fingerprint density at radius 2 is 1.89 bits per heavy atom. The Kier molecular flexibility index (Phi) is 6.68. The fraction of sp³-hybridized carbons (Fsp3) is 0.235. The summed E-state index contributed by atoms with van der Waals surface area (Å²) in [5.41, 5.74) is 0.542. The van der Waals surface area contributed by atoms with Crippen LogP contribution in [0.5, 0.6) is 11.6 Å². The van der Waals surface area contributed by atoms with E-state index in [4.69, 9.17) is 16.3 Å². The van der Waals surface area contributed by atoms with Gasteiger partial charge in [-0.25, -0.2) is 4.98 Å². The van der Waals surface area contributed by atoms with E-state index >= 15 is 0 Å². The van der Waals surface area contributed by atoms with Crippen LogP contribution >= 0.6 is 11.6 Å². The predicted molar refractivity (Wildman–Crippen MR) is 96.0 cm³/mol. The summed E-state index contributed by atoms with van der Waals surface area (Å²) in [5, 5.41) is 4.85. The third-order valence-electron chi connectivity index (χ3n) is 3.23. The molecule has 7 nitrogen and oxygen atoms in total. The summed E-state index contributed by atoms with van der Waals surface area (Å²) in [7, 11) is 1.43. The zero-order valence-corrected chi connectivity index (χ0v) is 15.4. The second-order valence-corrected chi connectivity index (χ2v) is 5.87. The van der Waals surface area contributed by atoms with Crippen LogP contribution in [0.4, 0.5) is 24.5 Å². The summed E-state index contributed by atoms with van der Waals surface area (Å²) in [4.78, 5) is 27.4. The number of carbonyl (C=O) groups excluding carboxylic acids is 2. The number of ether oxygens (including phenoxy) is 2. The van der Waals surface area contributed by atoms with E-state index in [1.165, 1.54) is 26.2 Å². The number of nitrogens with zero attached hydrogens (tertiary/aromatic N) is 1. The largest absolute Gasteiger partial charge is 0.497 e. The average Bonchev–Trinajstić information content (AvgIpc) is 2.60. The number of benzene rings is 1. The maximum Gasteiger partial charge on any atom is 0.422 e. The van der Waals surface area contributed by atoms with Gasteiger partial charge in [-0.2, -0.15) is 13.2 Å². The molecule has 0 unspecified atom stereocenters. The molecular formula is C17H15ClF3N3O4. The Morgan fingerprint density at radius 3 is 2.46 bits per heavy atom. The summed E-state index contributed by atoms with van der Waals surface area (Å²) in [5.74, 6) is -1.03. The molecule has 1 aromatic carbocycles. The summed E-state index contributed by atoms with van der Waals surface area (Å²) < 4.78 is 46.2. The van der Waals surface area contributed by atoms with Gasteiger partial charge >= 0.3 is 6.18 Å². The van der Waals surface area contributed by atoms with Crippen LogP contribution in [0.3, 0.4) is 0 Å². The smallest absolute Gasteiger partial charge is 0.422 e. The number of amides is 2. The molecule has 11 heteroatoms. The monoisotopic (exact) mass is 417 g/mol. The predicted octanol–water partition coefficient (Wildman–Crippen LogP) is 3.90. The molecule has 0 saturated carbocycles. The van der Waals surface area contributed by atoms with Crippen LogP contribution < -0.4 is 20.1 Å². The quantitative estimate of drug-likeness (QED) is 0.744. The van der Waals surface area contributed by atoms with E-state index in [2.05, 4.69) is 20.4 Å². The van der Waals surface area contributed by atoms with Crippen molar-refractivity contribution in [3.63, 3.8) is 0 Å². The maximum absolute atomic E-state index is 12.4. The molecule has 0 fully saturated rings. The first-order chi connectivity index (χ1) is 13.1. The normalized spacial score (nSPS) is 10.9. The van der Waals surface area contributed by atoms with Crippen molar-refractivity contribution < 1.29 is 32.2 Å². The van der Waals surface area contributed by atoms with Gasteiger partial charge in [-0.1, -0.05) is 11.6 Å². The number of aromatic nitrogens is 1. The van der Waals surface area contributed by atoms with E-state index < -0.39 is 24.6 Å². The second kappa shape index (κ2) is 8.79. The van der Waals surface area contributed by atoms with Gasteiger partial charge in [-0.15, -0.1) is 0 Å². The Morgan fingerprint density at radius 1 is 1.18 bits per heavy atom. The molecule has 0 spiro atoms. The molecule has 0 saturated heterocycles. The van der Waals surface area contributed by atoms with Crippen molar-refractivity contribution in [2.24, 2.45) is 0 Å². The minimum Gasteiger partial charge on any atom is -0.497 e. The molecule has 0 bridgehead atoms. The lowest BCUT2D eigenvalue weighted by atomic mass is 10.2. The number of alkyl halides is 3. The number of pyridine rings is 1. The molecule has 2 N–H and O–H groups in total. The number of halogens is 4. The molecule has 1 aromatic heterocycles. The Bertz CT molecular complexity index is 890. The van der Waals surface area contributed by atoms with Crippen LogP contribution in [0, 0.1) is 0 Å². The molecular weight excluding hydrogens is 403 g/mol. The van der Waals surface area contributed by atoms with Crippen LogP contribution in [0.15, 0.2) is 30.5 Å². The lowest BCUT2D eigenvalue weighted by Gasteiger charge is -2.14. The zero-order chi connectivity index (χ0) is 20.9. The maximum atomic E-state index is 12.4. The third kappa shape index (κ3) is 6.02. The second-order valence-electron chi connectivity index (χ2n) is 5.46. The van der Waals surface area contributed by atoms with Crippen molar-refractivity contribution in [3.05, 3.63) is 41.0 Å². The van der Waals surface area contributed by atoms with E-state index in [1.54, 1.807) is 6.07 Å². The summed E-state index contributed by atoms with van der Waals surface area (Å²) in [6, 6.07) is 5.73. The van der Waals surface area contributed by atoms with Gasteiger partial charge in [0, 0.05) is 19.2 Å². The molecule has 0 aliphatic rings. The minimum absolute atomic E-state index is 0.0269. The van der Waals surface area contributed by atoms with Gasteiger partial charge in [0.25, 0.3) is 5.91 Å². The lowest BCUT2D eigenvalue weighted by molar-refractivity contribution is -0.154. The number of methoxy groups -OCH3 is 1. The molecule has 0 atom stereocenters. The average molecular weight is 418 g/mol. The number of hydrogen-bond acceptors (Lipinski definition) is 5. The SMILES string of the molecule is COc1ccc(NC(C)=O)c(NC(=O)c2cnc(OCC(F)(F)F)c(Cl)c2)c1. The number of carbonyl (C=O) groups is 2. The van der Waals surface area contributed by atoms with Crippen LogP contribution in [0.1, 0.15) is 17.3 Å². The molecule has 0 aliphatic heterocycles. The van der Waals surface area contributed by atoms with Gasteiger partial charge in [0.2, 0.25) is 11.8 Å². The molecule has 2 amide bonds. The molecule has 0 radical (unpaired) electrons. The first-order valence-electron chi connectivity index (χ1n) is 7.71. The van der Waals surface area contributed by atoms with Crippen molar-refractivity contribution >= 4 is 34.8 Å². The molecule has 2 rings (SSSR count). The van der Waals surface area contributed by atoms with Gasteiger partial charge in [0.15, 0.2) is 6.61 Å². The standard InChI is InChI=1S/C17H15ClF3N3O4/c1-9(25)23-13-4-3-11(27-2)6-14(13)24-15(26)10-5-12(18)16(22-7-10)28-8-17(19,20)21/h3-7H,8H2,1-2H3,(H,23,25)(H,24,26). The van der Waals surface area contributed by atoms with Crippen molar-refractivity contribution in [1.82, 2.24) is 4.98 Å².